The summed E-state index contributed by atoms with van der Waals surface area (Å²) in [4.78, 5) is 0. The summed E-state index contributed by atoms with van der Waals surface area (Å²) >= 11 is 0. The molecule has 0 amide bonds. The molecule has 1 N–H and O–H groups in total. The van der Waals surface area contributed by atoms with Gasteiger partial charge in [0, 0.05) is 25.5 Å². The van der Waals surface area contributed by atoms with E-state index in [1.807, 2.05) is 35.1 Å². The fourth-order valence-corrected chi connectivity index (χ4v) is 1.70. The van der Waals surface area contributed by atoms with E-state index in [2.05, 4.69) is 23.4 Å². The highest BCUT2D eigenvalue weighted by molar-refractivity contribution is 5.27. The fourth-order valence-electron chi connectivity index (χ4n) is 1.70. The van der Waals surface area contributed by atoms with E-state index in [0.29, 0.717) is 6.61 Å². The van der Waals surface area contributed by atoms with Crippen molar-refractivity contribution in [3.05, 3.63) is 48.3 Å². The number of nitrogens with zero attached hydrogens (tertiary/aromatic N) is 2. The van der Waals surface area contributed by atoms with Gasteiger partial charge in [-0.15, -0.1) is 0 Å². The van der Waals surface area contributed by atoms with E-state index in [0.717, 1.165) is 25.4 Å². The Bertz CT molecular complexity index is 454. The van der Waals surface area contributed by atoms with Crippen LogP contribution in [-0.2, 0) is 6.54 Å². The van der Waals surface area contributed by atoms with E-state index >= 15 is 0 Å². The first-order valence-electron chi connectivity index (χ1n) is 6.22. The molecule has 0 saturated heterocycles. The van der Waals surface area contributed by atoms with Crippen LogP contribution in [0.25, 0.3) is 0 Å². The van der Waals surface area contributed by atoms with Crippen LogP contribution >= 0.6 is 0 Å². The molecular weight excluding hydrogens is 226 g/mol. The fraction of sp³-hybridized carbons (Fsp3) is 0.357. The van der Waals surface area contributed by atoms with Crippen molar-refractivity contribution in [2.45, 2.75) is 13.5 Å². The largest absolute Gasteiger partial charge is 0.492 e. The standard InChI is InChI=1S/C14H19N3O/c1-13-4-2-5-14(12-13)18-11-8-15-7-10-17-9-3-6-16-17/h2-6,9,12,15H,7-8,10-11H2,1H3. The van der Waals surface area contributed by atoms with Gasteiger partial charge in [-0.2, -0.15) is 5.10 Å². The average molecular weight is 245 g/mol. The van der Waals surface area contributed by atoms with Crippen molar-refractivity contribution in [3.8, 4) is 5.75 Å². The quantitative estimate of drug-likeness (QED) is 0.757. The third-order valence-corrected chi connectivity index (χ3v) is 2.61. The van der Waals surface area contributed by atoms with Gasteiger partial charge in [0.2, 0.25) is 0 Å². The molecule has 1 aromatic heterocycles. The average Bonchev–Trinajstić information content (AvgIpc) is 2.87. The summed E-state index contributed by atoms with van der Waals surface area (Å²) in [6, 6.07) is 10.0. The number of aromatic nitrogens is 2. The second-order valence-electron chi connectivity index (χ2n) is 4.18. The lowest BCUT2D eigenvalue weighted by molar-refractivity contribution is 0.312. The summed E-state index contributed by atoms with van der Waals surface area (Å²) in [7, 11) is 0. The molecule has 0 spiro atoms. The molecular formula is C14H19N3O. The molecule has 0 bridgehead atoms. The van der Waals surface area contributed by atoms with Crippen LogP contribution in [0.1, 0.15) is 5.56 Å². The predicted molar refractivity (Wildman–Crippen MR) is 71.8 cm³/mol. The lowest BCUT2D eigenvalue weighted by Crippen LogP contribution is -2.25. The smallest absolute Gasteiger partial charge is 0.119 e. The Kier molecular flexibility index (Phi) is 4.78. The molecule has 4 nitrogen and oxygen atoms in total. The molecule has 4 heteroatoms. The van der Waals surface area contributed by atoms with Gasteiger partial charge in [-0.25, -0.2) is 0 Å². The summed E-state index contributed by atoms with van der Waals surface area (Å²) in [6.45, 7) is 5.38. The van der Waals surface area contributed by atoms with Crippen molar-refractivity contribution < 1.29 is 4.74 Å². The van der Waals surface area contributed by atoms with Crippen LogP contribution in [0.2, 0.25) is 0 Å². The number of hydrogen-bond acceptors (Lipinski definition) is 3. The first kappa shape index (κ1) is 12.6. The third kappa shape index (κ3) is 4.22. The maximum Gasteiger partial charge on any atom is 0.119 e. The molecule has 0 aliphatic heterocycles. The molecule has 0 radical (unpaired) electrons. The van der Waals surface area contributed by atoms with Gasteiger partial charge in [0.05, 0.1) is 6.54 Å². The minimum Gasteiger partial charge on any atom is -0.492 e. The highest BCUT2D eigenvalue weighted by atomic mass is 16.5. The van der Waals surface area contributed by atoms with E-state index in [1.165, 1.54) is 5.56 Å². The molecule has 0 atom stereocenters. The first-order valence-corrected chi connectivity index (χ1v) is 6.22. The monoisotopic (exact) mass is 245 g/mol. The van der Waals surface area contributed by atoms with Gasteiger partial charge in [0.15, 0.2) is 0 Å². The molecule has 0 aliphatic carbocycles. The SMILES string of the molecule is Cc1cccc(OCCNCCn2cccn2)c1. The number of hydrogen-bond donors (Lipinski definition) is 1. The van der Waals surface area contributed by atoms with Crippen LogP contribution < -0.4 is 10.1 Å². The molecule has 96 valence electrons. The Morgan fingerprint density at radius 3 is 3.00 bits per heavy atom. The molecule has 2 rings (SSSR count). The van der Waals surface area contributed by atoms with Crippen molar-refractivity contribution >= 4 is 0 Å². The van der Waals surface area contributed by atoms with E-state index in [-0.39, 0.29) is 0 Å². The summed E-state index contributed by atoms with van der Waals surface area (Å²) in [5.74, 6) is 0.934. The van der Waals surface area contributed by atoms with E-state index in [1.54, 1.807) is 6.20 Å². The lowest BCUT2D eigenvalue weighted by Gasteiger charge is -2.08. The molecule has 1 aromatic carbocycles. The maximum absolute atomic E-state index is 5.64. The number of ether oxygens (including phenoxy) is 1. The molecule has 0 unspecified atom stereocenters. The number of nitrogens with one attached hydrogen (secondary N) is 1. The van der Waals surface area contributed by atoms with Crippen LogP contribution in [-0.4, -0.2) is 29.5 Å². The topological polar surface area (TPSA) is 39.1 Å². The van der Waals surface area contributed by atoms with Crippen molar-refractivity contribution in [1.82, 2.24) is 15.1 Å². The molecule has 1 heterocycles. The van der Waals surface area contributed by atoms with Crippen molar-refractivity contribution in [2.24, 2.45) is 0 Å². The minimum absolute atomic E-state index is 0.683. The molecule has 0 saturated carbocycles. The molecule has 0 fully saturated rings. The van der Waals surface area contributed by atoms with E-state index in [4.69, 9.17) is 4.74 Å². The highest BCUT2D eigenvalue weighted by Gasteiger charge is 1.94. The Morgan fingerprint density at radius 2 is 2.22 bits per heavy atom. The van der Waals surface area contributed by atoms with Gasteiger partial charge in [-0.05, 0) is 30.7 Å². The zero-order valence-electron chi connectivity index (χ0n) is 10.7. The maximum atomic E-state index is 5.64. The number of aryl methyl sites for hydroxylation is 1. The van der Waals surface area contributed by atoms with Gasteiger partial charge in [-0.1, -0.05) is 12.1 Å². The zero-order valence-corrected chi connectivity index (χ0v) is 10.7. The lowest BCUT2D eigenvalue weighted by atomic mass is 10.2. The van der Waals surface area contributed by atoms with Gasteiger partial charge in [0.1, 0.15) is 12.4 Å². The summed E-state index contributed by atoms with van der Waals surface area (Å²) in [5, 5.41) is 7.46. The summed E-state index contributed by atoms with van der Waals surface area (Å²) < 4.78 is 7.55. The Hall–Kier alpha value is -1.81. The molecule has 18 heavy (non-hydrogen) atoms. The normalized spacial score (nSPS) is 10.5. The highest BCUT2D eigenvalue weighted by Crippen LogP contribution is 2.11. The van der Waals surface area contributed by atoms with Crippen LogP contribution in [0.15, 0.2) is 42.7 Å². The van der Waals surface area contributed by atoms with Crippen molar-refractivity contribution in [2.75, 3.05) is 19.7 Å². The van der Waals surface area contributed by atoms with E-state index < -0.39 is 0 Å². The van der Waals surface area contributed by atoms with Crippen LogP contribution in [0.3, 0.4) is 0 Å². The van der Waals surface area contributed by atoms with Crippen molar-refractivity contribution in [1.29, 1.82) is 0 Å². The number of benzene rings is 1. The van der Waals surface area contributed by atoms with E-state index in [9.17, 15) is 0 Å². The van der Waals surface area contributed by atoms with Crippen LogP contribution in [0.5, 0.6) is 5.75 Å². The van der Waals surface area contributed by atoms with Crippen molar-refractivity contribution in [3.63, 3.8) is 0 Å². The molecule has 2 aromatic rings. The Balaban J connectivity index is 1.56. The predicted octanol–water partition coefficient (Wildman–Crippen LogP) is 1.86. The third-order valence-electron chi connectivity index (χ3n) is 2.61. The Morgan fingerprint density at radius 1 is 1.28 bits per heavy atom. The van der Waals surface area contributed by atoms with Gasteiger partial charge in [0.25, 0.3) is 0 Å². The van der Waals surface area contributed by atoms with Crippen LogP contribution in [0, 0.1) is 6.92 Å². The molecule has 0 aliphatic rings. The van der Waals surface area contributed by atoms with Gasteiger partial charge >= 0.3 is 0 Å². The number of rotatable bonds is 7. The summed E-state index contributed by atoms with van der Waals surface area (Å²) in [5.41, 5.74) is 1.22. The van der Waals surface area contributed by atoms with Gasteiger partial charge in [-0.3, -0.25) is 4.68 Å². The summed E-state index contributed by atoms with van der Waals surface area (Å²) in [6.07, 6.45) is 3.76. The second kappa shape index (κ2) is 6.81. The minimum atomic E-state index is 0.683. The van der Waals surface area contributed by atoms with Gasteiger partial charge < -0.3 is 10.1 Å². The van der Waals surface area contributed by atoms with Crippen LogP contribution in [0.4, 0.5) is 0 Å². The first-order chi connectivity index (χ1) is 8.84. The second-order valence-corrected chi connectivity index (χ2v) is 4.18. The zero-order chi connectivity index (χ0) is 12.6. The Labute approximate surface area is 108 Å².